The molecular weight excluding hydrogens is 198 g/mol. The Bertz CT molecular complexity index is 465. The molecule has 0 spiro atoms. The van der Waals surface area contributed by atoms with Crippen LogP contribution in [0, 0.1) is 6.92 Å². The minimum Gasteiger partial charge on any atom is -0.507 e. The van der Waals surface area contributed by atoms with Crippen LogP contribution in [0.15, 0.2) is 48.7 Å². The van der Waals surface area contributed by atoms with Crippen molar-refractivity contribution in [3.05, 3.63) is 59.9 Å². The summed E-state index contributed by atoms with van der Waals surface area (Å²) in [6, 6.07) is 13.9. The standard InChI is InChI=1S/C14H15NO/c1-12-11-14(16)8-10-15(12)9-7-13-5-3-2-4-6-13/h2-6,8,10-11H,7,9H2,1H3/p+1. The van der Waals surface area contributed by atoms with Gasteiger partial charge < -0.3 is 5.11 Å². The molecule has 0 amide bonds. The van der Waals surface area contributed by atoms with Crippen LogP contribution in [0.1, 0.15) is 11.3 Å². The summed E-state index contributed by atoms with van der Waals surface area (Å²) in [7, 11) is 0. The van der Waals surface area contributed by atoms with Gasteiger partial charge in [-0.15, -0.1) is 0 Å². The van der Waals surface area contributed by atoms with E-state index in [4.69, 9.17) is 0 Å². The highest BCUT2D eigenvalue weighted by Gasteiger charge is 2.06. The number of rotatable bonds is 3. The maximum atomic E-state index is 9.31. The third kappa shape index (κ3) is 2.60. The van der Waals surface area contributed by atoms with E-state index >= 15 is 0 Å². The highest BCUT2D eigenvalue weighted by molar-refractivity contribution is 5.17. The van der Waals surface area contributed by atoms with Gasteiger partial charge in [-0.25, -0.2) is 4.57 Å². The van der Waals surface area contributed by atoms with Crippen LogP contribution in [0.25, 0.3) is 0 Å². The molecular formula is C14H16NO+. The second-order valence-corrected chi connectivity index (χ2v) is 3.96. The molecule has 0 radical (unpaired) electrons. The summed E-state index contributed by atoms with van der Waals surface area (Å²) in [6.07, 6.45) is 2.94. The van der Waals surface area contributed by atoms with Gasteiger partial charge in [0.25, 0.3) is 0 Å². The molecule has 2 nitrogen and oxygen atoms in total. The molecule has 1 aromatic carbocycles. The second kappa shape index (κ2) is 4.79. The van der Waals surface area contributed by atoms with Gasteiger partial charge in [0.2, 0.25) is 0 Å². The molecule has 0 aliphatic carbocycles. The van der Waals surface area contributed by atoms with E-state index in [9.17, 15) is 5.11 Å². The zero-order chi connectivity index (χ0) is 11.4. The third-order valence-electron chi connectivity index (χ3n) is 2.72. The van der Waals surface area contributed by atoms with Gasteiger partial charge in [0.15, 0.2) is 18.4 Å². The van der Waals surface area contributed by atoms with Crippen molar-refractivity contribution in [1.29, 1.82) is 0 Å². The van der Waals surface area contributed by atoms with Crippen LogP contribution in [0.2, 0.25) is 0 Å². The van der Waals surface area contributed by atoms with Gasteiger partial charge in [-0.2, -0.15) is 0 Å². The minimum atomic E-state index is 0.327. The molecule has 0 unspecified atom stereocenters. The fourth-order valence-electron chi connectivity index (χ4n) is 1.77. The smallest absolute Gasteiger partial charge is 0.181 e. The van der Waals surface area contributed by atoms with E-state index < -0.39 is 0 Å². The fourth-order valence-corrected chi connectivity index (χ4v) is 1.77. The Morgan fingerprint density at radius 3 is 2.56 bits per heavy atom. The first-order valence-corrected chi connectivity index (χ1v) is 5.49. The summed E-state index contributed by atoms with van der Waals surface area (Å²) in [6.45, 7) is 2.95. The Morgan fingerprint density at radius 2 is 1.88 bits per heavy atom. The second-order valence-electron chi connectivity index (χ2n) is 3.96. The van der Waals surface area contributed by atoms with Gasteiger partial charge in [0.05, 0.1) is 0 Å². The number of aromatic hydroxyl groups is 1. The minimum absolute atomic E-state index is 0.327. The first-order valence-electron chi connectivity index (χ1n) is 5.49. The Balaban J connectivity index is 2.05. The number of hydrogen-bond acceptors (Lipinski definition) is 1. The fraction of sp³-hybridized carbons (Fsp3) is 0.214. The lowest BCUT2D eigenvalue weighted by atomic mass is 10.1. The van der Waals surface area contributed by atoms with Gasteiger partial charge >= 0.3 is 0 Å². The molecule has 0 aliphatic rings. The van der Waals surface area contributed by atoms with Gasteiger partial charge in [0, 0.05) is 25.5 Å². The van der Waals surface area contributed by atoms with Crippen LogP contribution in [-0.4, -0.2) is 5.11 Å². The van der Waals surface area contributed by atoms with E-state index in [-0.39, 0.29) is 0 Å². The van der Waals surface area contributed by atoms with E-state index in [1.165, 1.54) is 5.56 Å². The molecule has 1 heterocycles. The van der Waals surface area contributed by atoms with Crippen molar-refractivity contribution in [2.45, 2.75) is 19.9 Å². The summed E-state index contributed by atoms with van der Waals surface area (Å²) < 4.78 is 2.15. The molecule has 0 aliphatic heterocycles. The third-order valence-corrected chi connectivity index (χ3v) is 2.72. The molecule has 2 rings (SSSR count). The monoisotopic (exact) mass is 214 g/mol. The summed E-state index contributed by atoms with van der Waals surface area (Å²) in [5.74, 6) is 0.327. The van der Waals surface area contributed by atoms with Crippen LogP contribution in [0.3, 0.4) is 0 Å². The molecule has 82 valence electrons. The van der Waals surface area contributed by atoms with E-state index in [0.717, 1.165) is 18.7 Å². The summed E-state index contributed by atoms with van der Waals surface area (Å²) in [5, 5.41) is 9.31. The SMILES string of the molecule is Cc1cc(O)cc[n+]1CCc1ccccc1. The van der Waals surface area contributed by atoms with Gasteiger partial charge in [-0.1, -0.05) is 30.3 Å². The van der Waals surface area contributed by atoms with Crippen LogP contribution in [-0.2, 0) is 13.0 Å². The molecule has 0 saturated heterocycles. The topological polar surface area (TPSA) is 24.1 Å². The molecule has 16 heavy (non-hydrogen) atoms. The van der Waals surface area contributed by atoms with E-state index in [1.807, 2.05) is 19.2 Å². The van der Waals surface area contributed by atoms with Crippen molar-refractivity contribution < 1.29 is 9.67 Å². The Hall–Kier alpha value is -1.83. The predicted octanol–water partition coefficient (Wildman–Crippen LogP) is 2.23. The molecule has 0 fully saturated rings. The molecule has 0 atom stereocenters. The number of benzene rings is 1. The number of hydrogen-bond donors (Lipinski definition) is 1. The molecule has 1 aromatic heterocycles. The molecule has 1 N–H and O–H groups in total. The van der Waals surface area contributed by atoms with E-state index in [0.29, 0.717) is 5.75 Å². The van der Waals surface area contributed by atoms with Crippen LogP contribution in [0.5, 0.6) is 5.75 Å². The lowest BCUT2D eigenvalue weighted by Crippen LogP contribution is -2.37. The highest BCUT2D eigenvalue weighted by Crippen LogP contribution is 2.06. The Morgan fingerprint density at radius 1 is 1.12 bits per heavy atom. The van der Waals surface area contributed by atoms with Crippen molar-refractivity contribution >= 4 is 0 Å². The first-order chi connectivity index (χ1) is 7.75. The van der Waals surface area contributed by atoms with E-state index in [1.54, 1.807) is 12.1 Å². The van der Waals surface area contributed by atoms with Crippen molar-refractivity contribution in [3.8, 4) is 5.75 Å². The predicted molar refractivity (Wildman–Crippen MR) is 63.2 cm³/mol. The Labute approximate surface area is 95.8 Å². The average Bonchev–Trinajstić information content (AvgIpc) is 2.29. The molecule has 0 saturated carbocycles. The zero-order valence-electron chi connectivity index (χ0n) is 9.43. The zero-order valence-corrected chi connectivity index (χ0v) is 9.43. The van der Waals surface area contributed by atoms with E-state index in [2.05, 4.69) is 28.8 Å². The summed E-state index contributed by atoms with van der Waals surface area (Å²) in [5.41, 5.74) is 2.42. The molecule has 2 heteroatoms. The summed E-state index contributed by atoms with van der Waals surface area (Å²) >= 11 is 0. The first kappa shape index (κ1) is 10.7. The number of aryl methyl sites for hydroxylation is 3. The average molecular weight is 214 g/mol. The Kier molecular flexibility index (Phi) is 3.20. The summed E-state index contributed by atoms with van der Waals surface area (Å²) in [4.78, 5) is 0. The van der Waals surface area contributed by atoms with Crippen LogP contribution < -0.4 is 4.57 Å². The molecule has 0 bridgehead atoms. The quantitative estimate of drug-likeness (QED) is 0.778. The number of pyridine rings is 1. The van der Waals surface area contributed by atoms with Gasteiger partial charge in [-0.3, -0.25) is 0 Å². The van der Waals surface area contributed by atoms with Gasteiger partial charge in [0.1, 0.15) is 5.75 Å². The number of aromatic nitrogens is 1. The lowest BCUT2D eigenvalue weighted by molar-refractivity contribution is -0.702. The maximum absolute atomic E-state index is 9.31. The number of nitrogens with zero attached hydrogens (tertiary/aromatic N) is 1. The lowest BCUT2D eigenvalue weighted by Gasteiger charge is -2.01. The molecule has 2 aromatic rings. The van der Waals surface area contributed by atoms with Gasteiger partial charge in [-0.05, 0) is 5.56 Å². The van der Waals surface area contributed by atoms with Crippen molar-refractivity contribution in [1.82, 2.24) is 0 Å². The van der Waals surface area contributed by atoms with Crippen LogP contribution in [0.4, 0.5) is 0 Å². The maximum Gasteiger partial charge on any atom is 0.181 e. The van der Waals surface area contributed by atoms with Crippen LogP contribution >= 0.6 is 0 Å². The highest BCUT2D eigenvalue weighted by atomic mass is 16.3. The van der Waals surface area contributed by atoms with Crippen molar-refractivity contribution in [3.63, 3.8) is 0 Å². The largest absolute Gasteiger partial charge is 0.507 e. The normalized spacial score (nSPS) is 10.3. The van der Waals surface area contributed by atoms with Crippen molar-refractivity contribution in [2.24, 2.45) is 0 Å². The van der Waals surface area contributed by atoms with Crippen molar-refractivity contribution in [2.75, 3.05) is 0 Å².